The van der Waals surface area contributed by atoms with Crippen molar-refractivity contribution in [2.75, 3.05) is 31.2 Å². The van der Waals surface area contributed by atoms with Crippen molar-refractivity contribution in [3.05, 3.63) is 72.6 Å². The van der Waals surface area contributed by atoms with Crippen LogP contribution in [0.3, 0.4) is 0 Å². The zero-order valence-electron chi connectivity index (χ0n) is 33.3. The molecule has 3 aromatic heterocycles. The van der Waals surface area contributed by atoms with E-state index in [1.54, 1.807) is 7.05 Å². The topological polar surface area (TPSA) is 198 Å². The highest BCUT2D eigenvalue weighted by Crippen LogP contribution is 2.35. The van der Waals surface area contributed by atoms with Gasteiger partial charge in [-0.1, -0.05) is 76.2 Å². The van der Waals surface area contributed by atoms with E-state index in [9.17, 15) is 9.59 Å². The van der Waals surface area contributed by atoms with Gasteiger partial charge in [0, 0.05) is 20.1 Å². The molecule has 16 heteroatoms. The van der Waals surface area contributed by atoms with Crippen LogP contribution in [0.1, 0.15) is 77.1 Å². The second kappa shape index (κ2) is 17.0. The molecule has 5 heterocycles. The molecule has 57 heavy (non-hydrogen) atoms. The Morgan fingerprint density at radius 2 is 1.33 bits per heavy atom. The van der Waals surface area contributed by atoms with Crippen molar-refractivity contribution in [2.45, 2.75) is 77.5 Å². The normalized spacial score (nSPS) is 18.2. The van der Waals surface area contributed by atoms with Crippen LogP contribution in [0.25, 0.3) is 33.6 Å². The van der Waals surface area contributed by atoms with Gasteiger partial charge in [0.05, 0.1) is 43.0 Å². The third-order valence-electron chi connectivity index (χ3n) is 10.9. The fraction of sp³-hybridized carbons (Fsp3) is 0.439. The molecule has 0 unspecified atom stereocenters. The number of aromatic amines is 2. The number of rotatable bonds is 14. The number of nitrogens with two attached hydrogens (primary N) is 1. The van der Waals surface area contributed by atoms with Crippen LogP contribution in [0.4, 0.5) is 11.9 Å². The average molecular weight is 777 g/mol. The number of hydrogen-bond acceptors (Lipinski definition) is 11. The maximum absolute atomic E-state index is 13.9. The molecule has 2 aliphatic rings. The molecular weight excluding hydrogens is 725 g/mol. The number of nitrogens with zero attached hydrogens (tertiary/aromatic N) is 8. The fourth-order valence-corrected chi connectivity index (χ4v) is 7.73. The molecule has 4 atom stereocenters. The first kappa shape index (κ1) is 39.2. The van der Waals surface area contributed by atoms with Gasteiger partial charge >= 0.3 is 0 Å². The first-order chi connectivity index (χ1) is 27.5. The van der Waals surface area contributed by atoms with E-state index in [-0.39, 0.29) is 41.7 Å². The molecule has 16 nitrogen and oxygen atoms in total. The number of nitrogen functional groups attached to an aromatic ring is 1. The number of likely N-dealkylation sites (tertiary alicyclic amines) is 2. The number of aryl methyl sites for hydroxylation is 1. The maximum atomic E-state index is 13.9. The quantitative estimate of drug-likeness (QED) is 0.0453. The van der Waals surface area contributed by atoms with Crippen LogP contribution in [0.5, 0.6) is 0 Å². The van der Waals surface area contributed by atoms with Crippen LogP contribution in [0, 0.1) is 11.8 Å². The molecule has 2 aliphatic heterocycles. The molecule has 2 fully saturated rings. The van der Waals surface area contributed by atoms with Crippen molar-refractivity contribution in [2.24, 2.45) is 23.9 Å². The Morgan fingerprint density at radius 3 is 1.79 bits per heavy atom. The number of imidazole rings is 2. The molecule has 2 amide bonds. The predicted molar refractivity (Wildman–Crippen MR) is 217 cm³/mol. The summed E-state index contributed by atoms with van der Waals surface area (Å²) in [6.07, 6.45) is 8.30. The van der Waals surface area contributed by atoms with Crippen LogP contribution in [0.15, 0.2) is 65.9 Å². The molecule has 2 saturated heterocycles. The lowest BCUT2D eigenvalue weighted by Crippen LogP contribution is -2.45. The minimum Gasteiger partial charge on any atom is -0.368 e. The maximum Gasteiger partial charge on any atom is 0.248 e. The van der Waals surface area contributed by atoms with Crippen molar-refractivity contribution < 1.29 is 19.4 Å². The van der Waals surface area contributed by atoms with Gasteiger partial charge in [0.15, 0.2) is 0 Å². The average Bonchev–Trinajstić information content (AvgIpc) is 4.06. The number of hydrogen-bond donors (Lipinski definition) is 4. The third kappa shape index (κ3) is 8.40. The summed E-state index contributed by atoms with van der Waals surface area (Å²) in [4.78, 5) is 65.6. The molecular formula is C41H52N12O4. The molecule has 0 radical (unpaired) electrons. The van der Waals surface area contributed by atoms with Crippen LogP contribution in [-0.4, -0.2) is 95.0 Å². The third-order valence-corrected chi connectivity index (χ3v) is 10.9. The van der Waals surface area contributed by atoms with Gasteiger partial charge in [-0.15, -0.1) is 5.10 Å². The van der Waals surface area contributed by atoms with E-state index >= 15 is 0 Å². The second-order valence-corrected chi connectivity index (χ2v) is 15.4. The van der Waals surface area contributed by atoms with Crippen LogP contribution < -0.4 is 11.1 Å². The number of nitrogens with one attached hydrogen (secondary N) is 3. The smallest absolute Gasteiger partial charge is 0.248 e. The number of carbonyl (C=O) groups is 2. The molecule has 5 N–H and O–H groups in total. The number of carbonyl (C=O) groups excluding carboxylic acids is 2. The molecule has 0 bridgehead atoms. The summed E-state index contributed by atoms with van der Waals surface area (Å²) < 4.78 is 1.48. The van der Waals surface area contributed by atoms with Crippen molar-refractivity contribution in [1.82, 2.24) is 44.5 Å². The Hall–Kier alpha value is -6.03. The van der Waals surface area contributed by atoms with Crippen molar-refractivity contribution in [1.29, 1.82) is 0 Å². The Balaban J connectivity index is 0.995. The first-order valence-corrected chi connectivity index (χ1v) is 19.6. The monoisotopic (exact) mass is 776 g/mol. The zero-order chi connectivity index (χ0) is 40.2. The van der Waals surface area contributed by atoms with E-state index in [2.05, 4.69) is 83.8 Å². The molecule has 5 aromatic rings. The predicted octanol–water partition coefficient (Wildman–Crippen LogP) is 5.94. The molecule has 0 saturated carbocycles. The van der Waals surface area contributed by atoms with E-state index < -0.39 is 12.1 Å². The summed E-state index contributed by atoms with van der Waals surface area (Å²) >= 11 is 0. The van der Waals surface area contributed by atoms with Gasteiger partial charge in [-0.25, -0.2) is 19.6 Å². The lowest BCUT2D eigenvalue weighted by Gasteiger charge is -2.30. The standard InChI is InChI=1S/C41H52N12O4/c1-24(2)34(45-23-57-56-6)38(54)52-19-7-9-32(52)36-43-21-30(46-36)28-15-11-26(12-16-28)27-13-17-29(18-14-27)31-22-44-37(47-31)33-10-8-20-53(33)39(55)35(25(3)4)48-41-49-40(42)51(5)50-41/h11-18,21-25,32-35H,7-10,19-20H2,1-6H3,(H,43,46)(H,44,47)(H3,42,48,49,50)/t32-,33-,34-,35-/m0/s1. The van der Waals surface area contributed by atoms with E-state index in [1.165, 1.54) is 18.2 Å². The lowest BCUT2D eigenvalue weighted by molar-refractivity contribution is -0.188. The Labute approximate surface area is 332 Å². The van der Waals surface area contributed by atoms with Crippen LogP contribution in [-0.2, 0) is 26.4 Å². The largest absolute Gasteiger partial charge is 0.368 e. The van der Waals surface area contributed by atoms with E-state index in [0.29, 0.717) is 19.0 Å². The summed E-state index contributed by atoms with van der Waals surface area (Å²) in [6, 6.07) is 15.3. The fourth-order valence-electron chi connectivity index (χ4n) is 7.73. The van der Waals surface area contributed by atoms with Crippen LogP contribution in [0.2, 0.25) is 0 Å². The minimum atomic E-state index is -0.571. The van der Waals surface area contributed by atoms with Gasteiger partial charge in [0.25, 0.3) is 0 Å². The van der Waals surface area contributed by atoms with Gasteiger partial charge in [-0.3, -0.25) is 9.59 Å². The Kier molecular flexibility index (Phi) is 11.7. The van der Waals surface area contributed by atoms with E-state index in [1.807, 2.05) is 49.9 Å². The number of amides is 2. The summed E-state index contributed by atoms with van der Waals surface area (Å²) in [5, 5.41) is 7.50. The summed E-state index contributed by atoms with van der Waals surface area (Å²) in [6.45, 7) is 9.24. The van der Waals surface area contributed by atoms with Gasteiger partial charge in [0.2, 0.25) is 30.1 Å². The number of aromatic nitrogens is 7. The molecule has 0 aliphatic carbocycles. The van der Waals surface area contributed by atoms with Gasteiger partial charge in [-0.2, -0.15) is 9.87 Å². The number of anilines is 2. The van der Waals surface area contributed by atoms with Crippen molar-refractivity contribution in [3.8, 4) is 33.6 Å². The lowest BCUT2D eigenvalue weighted by atomic mass is 10.0. The van der Waals surface area contributed by atoms with E-state index in [0.717, 1.165) is 71.0 Å². The van der Waals surface area contributed by atoms with Gasteiger partial charge < -0.3 is 35.7 Å². The number of benzene rings is 2. The zero-order valence-corrected chi connectivity index (χ0v) is 33.3. The van der Waals surface area contributed by atoms with Crippen molar-refractivity contribution >= 4 is 30.1 Å². The highest BCUT2D eigenvalue weighted by molar-refractivity contribution is 5.85. The summed E-state index contributed by atoms with van der Waals surface area (Å²) in [7, 11) is 3.11. The van der Waals surface area contributed by atoms with Crippen molar-refractivity contribution in [3.63, 3.8) is 0 Å². The highest BCUT2D eigenvalue weighted by Gasteiger charge is 2.38. The first-order valence-electron chi connectivity index (χ1n) is 19.6. The van der Waals surface area contributed by atoms with Crippen LogP contribution >= 0.6 is 0 Å². The van der Waals surface area contributed by atoms with E-state index in [4.69, 9.17) is 20.6 Å². The van der Waals surface area contributed by atoms with Gasteiger partial charge in [-0.05, 0) is 59.8 Å². The summed E-state index contributed by atoms with van der Waals surface area (Å²) in [5.41, 5.74) is 11.8. The second-order valence-electron chi connectivity index (χ2n) is 15.4. The SMILES string of the molecule is COOC=N[C@H](C(=O)N1CCC[C@H]1c1ncc(-c2ccc(-c3ccc(-c4cnc([C@@H]5CCCN5C(=O)[C@@H](Nc5nc(N)n(C)n5)C(C)C)[nH]4)cc3)cc2)[nH]1)C(C)C. The molecule has 7 rings (SSSR count). The molecule has 300 valence electrons. The number of aliphatic imine (C=N–C) groups is 1. The van der Waals surface area contributed by atoms with Gasteiger partial charge in [0.1, 0.15) is 23.7 Å². The molecule has 2 aromatic carbocycles. The Morgan fingerprint density at radius 1 is 0.825 bits per heavy atom. The number of H-pyrrole nitrogens is 2. The molecule has 0 spiro atoms. The Bertz CT molecular complexity index is 2150. The highest BCUT2D eigenvalue weighted by atomic mass is 17.2. The minimum absolute atomic E-state index is 0.00266. The summed E-state index contributed by atoms with van der Waals surface area (Å²) in [5.74, 6) is 2.09.